The highest BCUT2D eigenvalue weighted by atomic mass is 16.1. The van der Waals surface area contributed by atoms with Gasteiger partial charge in [-0.1, -0.05) is 36.4 Å². The molecule has 2 N–H and O–H groups in total. The van der Waals surface area contributed by atoms with Crippen LogP contribution in [0.5, 0.6) is 0 Å². The number of nitrogens with zero attached hydrogens (tertiary/aromatic N) is 3. The van der Waals surface area contributed by atoms with E-state index in [1.165, 1.54) is 5.56 Å². The zero-order valence-electron chi connectivity index (χ0n) is 15.6. The monoisotopic (exact) mass is 373 g/mol. The second-order valence-corrected chi connectivity index (χ2v) is 6.89. The number of hydrogen-bond donors (Lipinski definition) is 2. The number of benzene rings is 2. The number of nitrogens with one attached hydrogen (secondary N) is 2. The molecule has 6 heteroatoms. The Morgan fingerprint density at radius 3 is 2.86 bits per heavy atom. The maximum Gasteiger partial charge on any atom is 0.220 e. The quantitative estimate of drug-likeness (QED) is 0.497. The molecule has 0 saturated heterocycles. The van der Waals surface area contributed by atoms with Gasteiger partial charge in [0.2, 0.25) is 5.91 Å². The van der Waals surface area contributed by atoms with E-state index in [4.69, 9.17) is 0 Å². The maximum absolute atomic E-state index is 12.2. The molecule has 0 atom stereocenters. The number of rotatable bonds is 8. The number of H-pyrrole nitrogens is 1. The molecule has 0 aliphatic carbocycles. The smallest absolute Gasteiger partial charge is 0.220 e. The van der Waals surface area contributed by atoms with Gasteiger partial charge < -0.3 is 14.9 Å². The first-order valence-electron chi connectivity index (χ1n) is 9.50. The highest BCUT2D eigenvalue weighted by molar-refractivity contribution is 5.76. The lowest BCUT2D eigenvalue weighted by molar-refractivity contribution is -0.121. The first-order chi connectivity index (χ1) is 13.8. The highest BCUT2D eigenvalue weighted by Crippen LogP contribution is 2.12. The number of amides is 1. The summed E-state index contributed by atoms with van der Waals surface area (Å²) in [5, 5.41) is 3.01. The molecule has 0 bridgehead atoms. The molecule has 28 heavy (non-hydrogen) atoms. The summed E-state index contributed by atoms with van der Waals surface area (Å²) in [5.74, 6) is 0.998. The van der Waals surface area contributed by atoms with Crippen LogP contribution >= 0.6 is 0 Å². The lowest BCUT2D eigenvalue weighted by Crippen LogP contribution is -2.22. The lowest BCUT2D eigenvalue weighted by atomic mass is 10.1. The number of aromatic amines is 1. The molecule has 6 nitrogen and oxygen atoms in total. The third-order valence-corrected chi connectivity index (χ3v) is 4.66. The molecule has 0 radical (unpaired) electrons. The molecule has 4 aromatic rings. The van der Waals surface area contributed by atoms with Crippen LogP contribution in [0.4, 0.5) is 0 Å². The molecule has 142 valence electrons. The molecule has 2 heterocycles. The molecule has 2 aromatic carbocycles. The van der Waals surface area contributed by atoms with E-state index in [-0.39, 0.29) is 5.91 Å². The van der Waals surface area contributed by atoms with E-state index >= 15 is 0 Å². The Balaban J connectivity index is 1.23. The molecular formula is C22H23N5O. The molecule has 0 fully saturated rings. The topological polar surface area (TPSA) is 75.6 Å². The van der Waals surface area contributed by atoms with Crippen molar-refractivity contribution in [2.75, 3.05) is 0 Å². The van der Waals surface area contributed by atoms with Crippen LogP contribution in [0.2, 0.25) is 0 Å². The minimum atomic E-state index is 0.0659. The lowest BCUT2D eigenvalue weighted by Gasteiger charge is -2.08. The van der Waals surface area contributed by atoms with E-state index in [0.29, 0.717) is 13.0 Å². The van der Waals surface area contributed by atoms with Crippen LogP contribution in [-0.4, -0.2) is 25.4 Å². The van der Waals surface area contributed by atoms with Crippen LogP contribution in [0.3, 0.4) is 0 Å². The molecule has 0 unspecified atom stereocenters. The molecular weight excluding hydrogens is 350 g/mol. The summed E-state index contributed by atoms with van der Waals surface area (Å²) in [5.41, 5.74) is 4.30. The van der Waals surface area contributed by atoms with Crippen molar-refractivity contribution in [1.82, 2.24) is 24.8 Å². The average Bonchev–Trinajstić information content (AvgIpc) is 3.36. The number of carbonyl (C=O) groups excluding carboxylic acids is 1. The van der Waals surface area contributed by atoms with Crippen LogP contribution in [0.15, 0.2) is 67.3 Å². The first-order valence-corrected chi connectivity index (χ1v) is 9.50. The summed E-state index contributed by atoms with van der Waals surface area (Å²) in [4.78, 5) is 24.1. The van der Waals surface area contributed by atoms with Crippen molar-refractivity contribution in [3.63, 3.8) is 0 Å². The second-order valence-electron chi connectivity index (χ2n) is 6.89. The molecule has 0 aliphatic rings. The number of aryl methyl sites for hydroxylation is 1. The van der Waals surface area contributed by atoms with E-state index in [1.807, 2.05) is 47.2 Å². The van der Waals surface area contributed by atoms with Gasteiger partial charge in [-0.05, 0) is 29.7 Å². The van der Waals surface area contributed by atoms with Gasteiger partial charge >= 0.3 is 0 Å². The van der Waals surface area contributed by atoms with E-state index in [9.17, 15) is 4.79 Å². The number of fused-ring (bicyclic) bond motifs is 1. The molecule has 0 spiro atoms. The van der Waals surface area contributed by atoms with Crippen molar-refractivity contribution in [2.45, 2.75) is 32.4 Å². The van der Waals surface area contributed by atoms with E-state index in [0.717, 1.165) is 41.8 Å². The summed E-state index contributed by atoms with van der Waals surface area (Å²) in [7, 11) is 0. The van der Waals surface area contributed by atoms with Crippen molar-refractivity contribution in [1.29, 1.82) is 0 Å². The van der Waals surface area contributed by atoms with Crippen molar-refractivity contribution in [2.24, 2.45) is 0 Å². The summed E-state index contributed by atoms with van der Waals surface area (Å²) >= 11 is 0. The van der Waals surface area contributed by atoms with Gasteiger partial charge in [0.25, 0.3) is 0 Å². The predicted octanol–water partition coefficient (Wildman–Crippen LogP) is 3.45. The minimum Gasteiger partial charge on any atom is -0.352 e. The fourth-order valence-corrected chi connectivity index (χ4v) is 3.26. The Labute approximate surface area is 163 Å². The van der Waals surface area contributed by atoms with Gasteiger partial charge in [0.05, 0.1) is 17.4 Å². The van der Waals surface area contributed by atoms with Gasteiger partial charge in [-0.25, -0.2) is 9.97 Å². The number of hydrogen-bond acceptors (Lipinski definition) is 3. The van der Waals surface area contributed by atoms with Crippen LogP contribution in [0.25, 0.3) is 11.0 Å². The Bertz CT molecular complexity index is 1020. The molecule has 1 amide bonds. The van der Waals surface area contributed by atoms with Crippen LogP contribution in [0.1, 0.15) is 29.8 Å². The third kappa shape index (κ3) is 4.65. The zero-order valence-corrected chi connectivity index (χ0v) is 15.6. The van der Waals surface area contributed by atoms with Gasteiger partial charge in [0.15, 0.2) is 0 Å². The molecule has 0 aliphatic heterocycles. The van der Waals surface area contributed by atoms with Crippen molar-refractivity contribution in [3.8, 4) is 0 Å². The standard InChI is InChI=1S/C22H23N5O/c28-22(10-4-9-21-25-19-7-1-2-8-20(19)26-21)24-14-17-5-3-6-18(13-17)15-27-12-11-23-16-27/h1-3,5-8,11-13,16H,4,9-10,14-15H2,(H,24,28)(H,25,26). The van der Waals surface area contributed by atoms with E-state index in [2.05, 4.69) is 32.4 Å². The molecule has 2 aromatic heterocycles. The van der Waals surface area contributed by atoms with Crippen LogP contribution in [-0.2, 0) is 24.3 Å². The Hall–Kier alpha value is -3.41. The van der Waals surface area contributed by atoms with E-state index < -0.39 is 0 Å². The third-order valence-electron chi connectivity index (χ3n) is 4.66. The Morgan fingerprint density at radius 2 is 2.00 bits per heavy atom. The number of carbonyl (C=O) groups is 1. The van der Waals surface area contributed by atoms with Crippen LogP contribution in [0, 0.1) is 0 Å². The summed E-state index contributed by atoms with van der Waals surface area (Å²) in [6.45, 7) is 1.32. The molecule has 0 saturated carbocycles. The zero-order chi connectivity index (χ0) is 19.2. The molecule has 4 rings (SSSR count). The summed E-state index contributed by atoms with van der Waals surface area (Å²) in [6.07, 6.45) is 7.54. The first kappa shape index (κ1) is 18.0. The average molecular weight is 373 g/mol. The van der Waals surface area contributed by atoms with Crippen molar-refractivity contribution >= 4 is 16.9 Å². The SMILES string of the molecule is O=C(CCCc1nc2ccccc2[nH]1)NCc1cccc(Cn2ccnc2)c1. The van der Waals surface area contributed by atoms with Crippen molar-refractivity contribution < 1.29 is 4.79 Å². The minimum absolute atomic E-state index is 0.0659. The number of para-hydroxylation sites is 2. The van der Waals surface area contributed by atoms with Gasteiger partial charge in [-0.2, -0.15) is 0 Å². The fraction of sp³-hybridized carbons (Fsp3) is 0.227. The maximum atomic E-state index is 12.2. The largest absolute Gasteiger partial charge is 0.352 e. The second kappa shape index (κ2) is 8.52. The Kier molecular flexibility index (Phi) is 5.47. The van der Waals surface area contributed by atoms with Gasteiger partial charge in [0, 0.05) is 38.3 Å². The fourth-order valence-electron chi connectivity index (χ4n) is 3.26. The summed E-state index contributed by atoms with van der Waals surface area (Å²) < 4.78 is 2.02. The number of imidazole rings is 2. The highest BCUT2D eigenvalue weighted by Gasteiger charge is 2.06. The number of aromatic nitrogens is 4. The van der Waals surface area contributed by atoms with E-state index in [1.54, 1.807) is 12.5 Å². The van der Waals surface area contributed by atoms with Gasteiger partial charge in [-0.15, -0.1) is 0 Å². The van der Waals surface area contributed by atoms with Crippen LogP contribution < -0.4 is 5.32 Å². The van der Waals surface area contributed by atoms with Gasteiger partial charge in [0.1, 0.15) is 5.82 Å². The summed E-state index contributed by atoms with van der Waals surface area (Å²) in [6, 6.07) is 16.2. The Morgan fingerprint density at radius 1 is 1.11 bits per heavy atom. The van der Waals surface area contributed by atoms with Gasteiger partial charge in [-0.3, -0.25) is 4.79 Å². The normalized spacial score (nSPS) is 11.0. The predicted molar refractivity (Wildman–Crippen MR) is 109 cm³/mol. The van der Waals surface area contributed by atoms with Crippen molar-refractivity contribution in [3.05, 3.63) is 84.2 Å².